The summed E-state index contributed by atoms with van der Waals surface area (Å²) in [6.07, 6.45) is 3.15. The van der Waals surface area contributed by atoms with Gasteiger partial charge in [0.15, 0.2) is 17.8 Å². The third kappa shape index (κ3) is 3.54. The van der Waals surface area contributed by atoms with Crippen molar-refractivity contribution in [1.29, 1.82) is 0 Å². The van der Waals surface area contributed by atoms with E-state index in [0.717, 1.165) is 0 Å². The van der Waals surface area contributed by atoms with E-state index in [4.69, 9.17) is 11.5 Å². The standard InChI is InChI=1S/C23H22F2N8O/c1-11-14(6-28-8-17(11)26)13-3-12-4-19(29-7-15(12)23(27)22(13)25)30-20-5-18-16(24)9-32(2)21(34)10-33(18)31-20/h3-8,16H,9-10,26-27H2,1-2H3,(H,29,30,31)/t16-/m0/s1. The normalized spacial score (nSPS) is 15.9. The van der Waals surface area contributed by atoms with Crippen molar-refractivity contribution in [3.05, 3.63) is 53.9 Å². The van der Waals surface area contributed by atoms with E-state index in [1.165, 1.54) is 22.0 Å². The summed E-state index contributed by atoms with van der Waals surface area (Å²) < 4.78 is 31.1. The van der Waals surface area contributed by atoms with E-state index in [-0.39, 0.29) is 30.2 Å². The second-order valence-corrected chi connectivity index (χ2v) is 8.32. The number of hydrogen-bond donors (Lipinski definition) is 3. The second-order valence-electron chi connectivity index (χ2n) is 8.32. The topological polar surface area (TPSA) is 128 Å². The van der Waals surface area contributed by atoms with E-state index in [1.54, 1.807) is 38.4 Å². The van der Waals surface area contributed by atoms with Crippen LogP contribution in [0.2, 0.25) is 0 Å². The predicted octanol–water partition coefficient (Wildman–Crippen LogP) is 3.33. The van der Waals surface area contributed by atoms with Crippen molar-refractivity contribution in [3.63, 3.8) is 0 Å². The summed E-state index contributed by atoms with van der Waals surface area (Å²) in [7, 11) is 1.56. The molecule has 4 heterocycles. The van der Waals surface area contributed by atoms with Crippen molar-refractivity contribution >= 4 is 39.7 Å². The number of halogens is 2. The minimum Gasteiger partial charge on any atom is -0.397 e. The highest BCUT2D eigenvalue weighted by Gasteiger charge is 2.27. The molecule has 5 N–H and O–H groups in total. The van der Waals surface area contributed by atoms with E-state index in [1.807, 2.05) is 0 Å². The van der Waals surface area contributed by atoms with Crippen LogP contribution in [0.25, 0.3) is 21.9 Å². The Morgan fingerprint density at radius 1 is 1.12 bits per heavy atom. The maximum atomic E-state index is 15.1. The number of nitrogens with zero attached hydrogens (tertiary/aromatic N) is 5. The van der Waals surface area contributed by atoms with Crippen LogP contribution in [0.3, 0.4) is 0 Å². The Hall–Kier alpha value is -4.28. The fourth-order valence-corrected chi connectivity index (χ4v) is 4.06. The largest absolute Gasteiger partial charge is 0.397 e. The van der Waals surface area contributed by atoms with Crippen LogP contribution >= 0.6 is 0 Å². The highest BCUT2D eigenvalue weighted by atomic mass is 19.1. The third-order valence-electron chi connectivity index (χ3n) is 6.08. The van der Waals surface area contributed by atoms with Crippen molar-refractivity contribution in [2.24, 2.45) is 0 Å². The Labute approximate surface area is 193 Å². The molecule has 34 heavy (non-hydrogen) atoms. The molecule has 11 heteroatoms. The highest BCUT2D eigenvalue weighted by Crippen LogP contribution is 2.36. The minimum absolute atomic E-state index is 0.0371. The summed E-state index contributed by atoms with van der Waals surface area (Å²) in [5.41, 5.74) is 14.3. The molecular formula is C23H22F2N8O. The molecule has 5 rings (SSSR count). The van der Waals surface area contributed by atoms with E-state index in [0.29, 0.717) is 44.9 Å². The second kappa shape index (κ2) is 7.94. The molecule has 0 radical (unpaired) electrons. The number of carbonyl (C=O) groups excluding carboxylic acids is 1. The number of likely N-dealkylation sites (N-methyl/N-ethyl adjacent to an activating group) is 1. The smallest absolute Gasteiger partial charge is 0.244 e. The van der Waals surface area contributed by atoms with Gasteiger partial charge in [-0.15, -0.1) is 0 Å². The number of nitrogens with two attached hydrogens (primary N) is 2. The van der Waals surface area contributed by atoms with Crippen LogP contribution in [0, 0.1) is 12.7 Å². The minimum atomic E-state index is -1.36. The van der Waals surface area contributed by atoms with E-state index < -0.39 is 12.0 Å². The van der Waals surface area contributed by atoms with Gasteiger partial charge in [0.05, 0.1) is 29.8 Å². The average molecular weight is 464 g/mol. The lowest BCUT2D eigenvalue weighted by atomic mass is 9.97. The van der Waals surface area contributed by atoms with Crippen LogP contribution < -0.4 is 16.8 Å². The van der Waals surface area contributed by atoms with Gasteiger partial charge in [0, 0.05) is 42.0 Å². The SMILES string of the molecule is Cc1c(N)cncc1-c1cc2cc(Nc3cc4n(n3)CC(=O)N(C)C[C@@H]4F)ncc2c(N)c1F. The molecule has 0 unspecified atom stereocenters. The molecule has 1 atom stereocenters. The lowest BCUT2D eigenvalue weighted by Crippen LogP contribution is -2.29. The van der Waals surface area contributed by atoms with Gasteiger partial charge in [-0.1, -0.05) is 0 Å². The third-order valence-corrected chi connectivity index (χ3v) is 6.08. The molecule has 0 bridgehead atoms. The molecule has 9 nitrogen and oxygen atoms in total. The quantitative estimate of drug-likeness (QED) is 0.397. The van der Waals surface area contributed by atoms with Crippen molar-refractivity contribution in [2.75, 3.05) is 30.4 Å². The van der Waals surface area contributed by atoms with Gasteiger partial charge in [-0.3, -0.25) is 14.5 Å². The number of anilines is 4. The Morgan fingerprint density at radius 2 is 1.91 bits per heavy atom. The van der Waals surface area contributed by atoms with Gasteiger partial charge in [-0.2, -0.15) is 5.10 Å². The number of nitrogen functional groups attached to an aromatic ring is 2. The van der Waals surface area contributed by atoms with Crippen LogP contribution in [0.15, 0.2) is 36.8 Å². The van der Waals surface area contributed by atoms with Crippen molar-refractivity contribution in [1.82, 2.24) is 24.6 Å². The summed E-state index contributed by atoms with van der Waals surface area (Å²) in [5.74, 6) is -0.0600. The zero-order valence-electron chi connectivity index (χ0n) is 18.5. The molecule has 0 fully saturated rings. The van der Waals surface area contributed by atoms with Gasteiger partial charge in [-0.25, -0.2) is 13.8 Å². The maximum Gasteiger partial charge on any atom is 0.244 e. The first-order valence-corrected chi connectivity index (χ1v) is 10.5. The number of alkyl halides is 1. The first-order valence-electron chi connectivity index (χ1n) is 10.5. The Balaban J connectivity index is 1.53. The monoisotopic (exact) mass is 464 g/mol. The van der Waals surface area contributed by atoms with Crippen LogP contribution in [0.5, 0.6) is 0 Å². The van der Waals surface area contributed by atoms with Crippen molar-refractivity contribution < 1.29 is 13.6 Å². The van der Waals surface area contributed by atoms with Crippen LogP contribution in [0.1, 0.15) is 17.4 Å². The zero-order valence-corrected chi connectivity index (χ0v) is 18.5. The fourth-order valence-electron chi connectivity index (χ4n) is 4.06. The van der Waals surface area contributed by atoms with Crippen LogP contribution in [-0.2, 0) is 11.3 Å². The van der Waals surface area contributed by atoms with Gasteiger partial charge in [0.1, 0.15) is 12.4 Å². The molecule has 1 aromatic carbocycles. The average Bonchev–Trinajstić information content (AvgIpc) is 3.16. The van der Waals surface area contributed by atoms with E-state index >= 15 is 4.39 Å². The van der Waals surface area contributed by atoms with E-state index in [9.17, 15) is 9.18 Å². The number of rotatable bonds is 3. The van der Waals surface area contributed by atoms with Crippen molar-refractivity contribution in [2.45, 2.75) is 19.6 Å². The number of benzene rings is 1. The van der Waals surface area contributed by atoms with E-state index in [2.05, 4.69) is 20.4 Å². The first kappa shape index (κ1) is 21.6. The maximum absolute atomic E-state index is 15.1. The number of nitrogens with one attached hydrogen (secondary N) is 1. The Kier molecular flexibility index (Phi) is 5.03. The number of aromatic nitrogens is 4. The fraction of sp³-hybridized carbons (Fsp3) is 0.217. The first-order chi connectivity index (χ1) is 16.2. The molecule has 3 aromatic heterocycles. The molecule has 0 aliphatic carbocycles. The number of fused-ring (bicyclic) bond motifs is 2. The molecule has 1 amide bonds. The summed E-state index contributed by atoms with van der Waals surface area (Å²) in [6, 6.07) is 4.90. The molecule has 0 saturated carbocycles. The summed E-state index contributed by atoms with van der Waals surface area (Å²) in [5, 5.41) is 8.42. The molecule has 0 saturated heterocycles. The lowest BCUT2D eigenvalue weighted by Gasteiger charge is -2.14. The molecule has 1 aliphatic heterocycles. The highest BCUT2D eigenvalue weighted by molar-refractivity contribution is 5.98. The molecule has 0 spiro atoms. The summed E-state index contributed by atoms with van der Waals surface area (Å²) >= 11 is 0. The van der Waals surface area contributed by atoms with Crippen LogP contribution in [-0.4, -0.2) is 44.1 Å². The van der Waals surface area contributed by atoms with Gasteiger partial charge in [0.25, 0.3) is 0 Å². The zero-order chi connectivity index (χ0) is 24.1. The van der Waals surface area contributed by atoms with Gasteiger partial charge >= 0.3 is 0 Å². The number of hydrogen-bond acceptors (Lipinski definition) is 7. The van der Waals surface area contributed by atoms with Crippen LogP contribution in [0.4, 0.5) is 31.8 Å². The Morgan fingerprint density at radius 3 is 2.71 bits per heavy atom. The molecular weight excluding hydrogens is 442 g/mol. The van der Waals surface area contributed by atoms with Crippen molar-refractivity contribution in [3.8, 4) is 11.1 Å². The molecule has 1 aliphatic rings. The number of amides is 1. The number of pyridine rings is 2. The Bertz CT molecular complexity index is 1450. The van der Waals surface area contributed by atoms with Gasteiger partial charge in [0.2, 0.25) is 5.91 Å². The van der Waals surface area contributed by atoms with Gasteiger partial charge in [-0.05, 0) is 30.0 Å². The summed E-state index contributed by atoms with van der Waals surface area (Å²) in [4.78, 5) is 21.8. The molecule has 174 valence electrons. The molecule has 4 aromatic rings. The summed E-state index contributed by atoms with van der Waals surface area (Å²) in [6.45, 7) is 1.70. The predicted molar refractivity (Wildman–Crippen MR) is 125 cm³/mol. The lowest BCUT2D eigenvalue weighted by molar-refractivity contribution is -0.130. The number of carbonyl (C=O) groups is 1. The van der Waals surface area contributed by atoms with Gasteiger partial charge < -0.3 is 21.7 Å².